The van der Waals surface area contributed by atoms with Crippen LogP contribution >= 0.6 is 0 Å². The summed E-state index contributed by atoms with van der Waals surface area (Å²) in [5, 5.41) is 13.4. The van der Waals surface area contributed by atoms with E-state index in [0.717, 1.165) is 17.5 Å². The van der Waals surface area contributed by atoms with Crippen molar-refractivity contribution in [3.63, 3.8) is 0 Å². The van der Waals surface area contributed by atoms with Gasteiger partial charge in [-0.05, 0) is 59.5 Å². The molecular formula is C24H24N2O4S. The Morgan fingerprint density at radius 1 is 1.03 bits per heavy atom. The SMILES string of the molecule is CCc1ccc(S(=O)(=O)N[C@H]2c3cc(NC(=O)c4ccccc4)ccc3C[C@@H]2O)cc1. The number of benzene rings is 3. The highest BCUT2D eigenvalue weighted by Crippen LogP contribution is 2.34. The van der Waals surface area contributed by atoms with Crippen LogP contribution in [0.5, 0.6) is 0 Å². The molecule has 2 atom stereocenters. The van der Waals surface area contributed by atoms with E-state index >= 15 is 0 Å². The van der Waals surface area contributed by atoms with Gasteiger partial charge in [-0.15, -0.1) is 0 Å². The molecule has 1 amide bonds. The van der Waals surface area contributed by atoms with Crippen molar-refractivity contribution in [1.82, 2.24) is 4.72 Å². The maximum atomic E-state index is 12.9. The molecule has 0 aromatic heterocycles. The fraction of sp³-hybridized carbons (Fsp3) is 0.208. The molecule has 0 saturated carbocycles. The van der Waals surface area contributed by atoms with E-state index in [1.807, 2.05) is 19.1 Å². The zero-order valence-electron chi connectivity index (χ0n) is 17.1. The van der Waals surface area contributed by atoms with E-state index in [2.05, 4.69) is 10.0 Å². The third kappa shape index (κ3) is 4.54. The second kappa shape index (κ2) is 8.63. The molecule has 4 rings (SSSR count). The Kier molecular flexibility index (Phi) is 5.91. The van der Waals surface area contributed by atoms with Gasteiger partial charge in [0.2, 0.25) is 10.0 Å². The predicted molar refractivity (Wildman–Crippen MR) is 119 cm³/mol. The highest BCUT2D eigenvalue weighted by molar-refractivity contribution is 7.89. The molecular weight excluding hydrogens is 412 g/mol. The summed E-state index contributed by atoms with van der Waals surface area (Å²) in [7, 11) is -3.82. The standard InChI is InChI=1S/C24H24N2O4S/c1-2-16-8-12-20(13-9-16)31(29,30)26-23-21-15-19(11-10-18(21)14-22(23)27)25-24(28)17-6-4-3-5-7-17/h3-13,15,22-23,26-27H,2,14H2,1H3,(H,25,28)/t22-,23-/m0/s1. The predicted octanol–water partition coefficient (Wildman–Crippen LogP) is 3.44. The topological polar surface area (TPSA) is 95.5 Å². The zero-order valence-corrected chi connectivity index (χ0v) is 17.9. The van der Waals surface area contributed by atoms with E-state index in [9.17, 15) is 18.3 Å². The van der Waals surface area contributed by atoms with Crippen molar-refractivity contribution in [2.24, 2.45) is 0 Å². The number of fused-ring (bicyclic) bond motifs is 1. The first-order chi connectivity index (χ1) is 14.9. The monoisotopic (exact) mass is 436 g/mol. The Labute approximate surface area is 182 Å². The number of rotatable bonds is 6. The number of aliphatic hydroxyl groups is 1. The summed E-state index contributed by atoms with van der Waals surface area (Å²) in [6.07, 6.45) is 0.268. The lowest BCUT2D eigenvalue weighted by molar-refractivity contribution is 0.102. The van der Waals surface area contributed by atoms with Crippen LogP contribution in [0.25, 0.3) is 0 Å². The first-order valence-electron chi connectivity index (χ1n) is 10.2. The fourth-order valence-electron chi connectivity index (χ4n) is 3.77. The molecule has 0 radical (unpaired) electrons. The number of carbonyl (C=O) groups excluding carboxylic acids is 1. The second-order valence-electron chi connectivity index (χ2n) is 7.60. The van der Waals surface area contributed by atoms with Crippen molar-refractivity contribution in [3.8, 4) is 0 Å². The average Bonchev–Trinajstić information content (AvgIpc) is 3.08. The van der Waals surface area contributed by atoms with Crippen LogP contribution in [-0.2, 0) is 22.9 Å². The molecule has 0 fully saturated rings. The van der Waals surface area contributed by atoms with Gasteiger partial charge >= 0.3 is 0 Å². The number of hydrogen-bond donors (Lipinski definition) is 3. The lowest BCUT2D eigenvalue weighted by Crippen LogP contribution is -2.34. The molecule has 1 aliphatic carbocycles. The summed E-state index contributed by atoms with van der Waals surface area (Å²) < 4.78 is 28.4. The van der Waals surface area contributed by atoms with Crippen molar-refractivity contribution in [1.29, 1.82) is 0 Å². The van der Waals surface area contributed by atoms with Crippen LogP contribution in [0.4, 0.5) is 5.69 Å². The first-order valence-corrected chi connectivity index (χ1v) is 11.6. The third-order valence-electron chi connectivity index (χ3n) is 5.51. The fourth-order valence-corrected chi connectivity index (χ4v) is 5.02. The van der Waals surface area contributed by atoms with Crippen LogP contribution in [0.1, 0.15) is 40.0 Å². The second-order valence-corrected chi connectivity index (χ2v) is 9.32. The highest BCUT2D eigenvalue weighted by atomic mass is 32.2. The molecule has 3 N–H and O–H groups in total. The van der Waals surface area contributed by atoms with E-state index in [-0.39, 0.29) is 10.8 Å². The molecule has 0 bridgehead atoms. The summed E-state index contributed by atoms with van der Waals surface area (Å²) in [6, 6.07) is 20.0. The number of aliphatic hydroxyl groups excluding tert-OH is 1. The van der Waals surface area contributed by atoms with E-state index in [4.69, 9.17) is 0 Å². The third-order valence-corrected chi connectivity index (χ3v) is 6.97. The molecule has 31 heavy (non-hydrogen) atoms. The van der Waals surface area contributed by atoms with Crippen LogP contribution in [0, 0.1) is 0 Å². The van der Waals surface area contributed by atoms with Gasteiger partial charge < -0.3 is 10.4 Å². The van der Waals surface area contributed by atoms with Crippen molar-refractivity contribution in [2.75, 3.05) is 5.32 Å². The lowest BCUT2D eigenvalue weighted by atomic mass is 10.1. The van der Waals surface area contributed by atoms with Crippen LogP contribution < -0.4 is 10.0 Å². The van der Waals surface area contributed by atoms with Crippen LogP contribution in [0.2, 0.25) is 0 Å². The quantitative estimate of drug-likeness (QED) is 0.552. The molecule has 160 valence electrons. The minimum atomic E-state index is -3.82. The number of sulfonamides is 1. The molecule has 0 aliphatic heterocycles. The maximum absolute atomic E-state index is 12.9. The molecule has 6 nitrogen and oxygen atoms in total. The summed E-state index contributed by atoms with van der Waals surface area (Å²) in [5.74, 6) is -0.257. The lowest BCUT2D eigenvalue weighted by Gasteiger charge is -2.19. The Balaban J connectivity index is 1.57. The molecule has 3 aromatic rings. The number of nitrogens with one attached hydrogen (secondary N) is 2. The molecule has 0 saturated heterocycles. The molecule has 1 aliphatic rings. The van der Waals surface area contributed by atoms with E-state index in [0.29, 0.717) is 23.2 Å². The minimum absolute atomic E-state index is 0.152. The van der Waals surface area contributed by atoms with Gasteiger partial charge in [-0.3, -0.25) is 4.79 Å². The van der Waals surface area contributed by atoms with E-state index in [1.165, 1.54) is 0 Å². The molecule has 0 unspecified atom stereocenters. The van der Waals surface area contributed by atoms with Crippen molar-refractivity contribution in [2.45, 2.75) is 36.8 Å². The summed E-state index contributed by atoms with van der Waals surface area (Å²) >= 11 is 0. The van der Waals surface area contributed by atoms with Gasteiger partial charge in [0.25, 0.3) is 5.91 Å². The van der Waals surface area contributed by atoms with Gasteiger partial charge in [0.15, 0.2) is 0 Å². The van der Waals surface area contributed by atoms with Gasteiger partial charge in [0, 0.05) is 17.7 Å². The first kappa shape index (κ1) is 21.2. The van der Waals surface area contributed by atoms with Gasteiger partial charge in [0.1, 0.15) is 0 Å². The summed E-state index contributed by atoms with van der Waals surface area (Å²) in [6.45, 7) is 2.00. The average molecular weight is 437 g/mol. The summed E-state index contributed by atoms with van der Waals surface area (Å²) in [5.41, 5.74) is 3.62. The van der Waals surface area contributed by atoms with Crippen LogP contribution in [0.15, 0.2) is 77.7 Å². The zero-order chi connectivity index (χ0) is 22.0. The Morgan fingerprint density at radius 3 is 2.42 bits per heavy atom. The number of anilines is 1. The van der Waals surface area contributed by atoms with Gasteiger partial charge in [-0.1, -0.05) is 43.3 Å². The summed E-state index contributed by atoms with van der Waals surface area (Å²) in [4.78, 5) is 12.6. The van der Waals surface area contributed by atoms with Crippen molar-refractivity contribution < 1.29 is 18.3 Å². The molecule has 0 spiro atoms. The number of amides is 1. The van der Waals surface area contributed by atoms with Crippen molar-refractivity contribution >= 4 is 21.6 Å². The molecule has 7 heteroatoms. The van der Waals surface area contributed by atoms with Gasteiger partial charge in [-0.2, -0.15) is 0 Å². The normalized spacial score (nSPS) is 17.9. The smallest absolute Gasteiger partial charge is 0.255 e. The Hall–Kier alpha value is -3.00. The molecule has 3 aromatic carbocycles. The number of hydrogen-bond acceptors (Lipinski definition) is 4. The molecule has 0 heterocycles. The largest absolute Gasteiger partial charge is 0.391 e. The van der Waals surface area contributed by atoms with Crippen molar-refractivity contribution in [3.05, 3.63) is 95.1 Å². The van der Waals surface area contributed by atoms with Crippen LogP contribution in [0.3, 0.4) is 0 Å². The highest BCUT2D eigenvalue weighted by Gasteiger charge is 2.34. The van der Waals surface area contributed by atoms with E-state index in [1.54, 1.807) is 60.7 Å². The Morgan fingerprint density at radius 2 is 1.74 bits per heavy atom. The number of carbonyl (C=O) groups is 1. The minimum Gasteiger partial charge on any atom is -0.391 e. The Bertz CT molecular complexity index is 1190. The maximum Gasteiger partial charge on any atom is 0.255 e. The number of aryl methyl sites for hydroxylation is 1. The van der Waals surface area contributed by atoms with Crippen LogP contribution in [-0.4, -0.2) is 25.5 Å². The van der Waals surface area contributed by atoms with E-state index < -0.39 is 22.2 Å². The van der Waals surface area contributed by atoms with Gasteiger partial charge in [-0.25, -0.2) is 13.1 Å². The van der Waals surface area contributed by atoms with Gasteiger partial charge in [0.05, 0.1) is 17.0 Å².